The van der Waals surface area contributed by atoms with Gasteiger partial charge in [0.1, 0.15) is 23.7 Å². The Balaban J connectivity index is 1.44. The van der Waals surface area contributed by atoms with Gasteiger partial charge in [0.25, 0.3) is 0 Å². The zero-order chi connectivity index (χ0) is 39.5. The van der Waals surface area contributed by atoms with Crippen molar-refractivity contribution in [3.05, 3.63) is 72.6 Å². The van der Waals surface area contributed by atoms with E-state index in [1.54, 1.807) is 12.4 Å². The predicted molar refractivity (Wildman–Crippen MR) is 208 cm³/mol. The largest absolute Gasteiger partial charge is 0.453 e. The van der Waals surface area contributed by atoms with Gasteiger partial charge in [-0.1, -0.05) is 104 Å². The molecule has 0 saturated heterocycles. The smallest absolute Gasteiger partial charge is 0.407 e. The minimum atomic E-state index is -0.755. The van der Waals surface area contributed by atoms with E-state index in [-0.39, 0.29) is 41.5 Å². The topological polar surface area (TPSA) is 185 Å². The van der Waals surface area contributed by atoms with E-state index in [4.69, 9.17) is 9.62 Å². The number of benzene rings is 2. The van der Waals surface area contributed by atoms with Crippen LogP contribution in [0.5, 0.6) is 0 Å². The molecule has 0 radical (unpaired) electrons. The molecule has 0 spiro atoms. The molecule has 54 heavy (non-hydrogen) atoms. The van der Waals surface area contributed by atoms with E-state index in [9.17, 15) is 14.4 Å². The minimum Gasteiger partial charge on any atom is -0.453 e. The summed E-state index contributed by atoms with van der Waals surface area (Å²) < 4.78 is 4.70. The molecular formula is C40H54N8O6. The van der Waals surface area contributed by atoms with Crippen LogP contribution in [0.4, 0.5) is 4.79 Å². The lowest BCUT2D eigenvalue weighted by Crippen LogP contribution is -2.51. The Kier molecular flexibility index (Phi) is 14.5. The van der Waals surface area contributed by atoms with E-state index in [0.29, 0.717) is 11.6 Å². The second-order valence-electron chi connectivity index (χ2n) is 14.5. The molecule has 0 fully saturated rings. The highest BCUT2D eigenvalue weighted by Gasteiger charge is 2.30. The first kappa shape index (κ1) is 41.3. The molecule has 0 unspecified atom stereocenters. The van der Waals surface area contributed by atoms with Crippen molar-refractivity contribution in [1.29, 1.82) is 0 Å². The van der Waals surface area contributed by atoms with E-state index in [2.05, 4.69) is 70.0 Å². The normalized spacial score (nSPS) is 14.0. The summed E-state index contributed by atoms with van der Waals surface area (Å²) in [5.41, 5.74) is 5.65. The van der Waals surface area contributed by atoms with Gasteiger partial charge in [-0.15, -0.1) is 0 Å². The maximum atomic E-state index is 13.2. The van der Waals surface area contributed by atoms with Crippen LogP contribution in [-0.2, 0) is 24.1 Å². The number of rotatable bonds is 17. The number of imidazole rings is 2. The lowest BCUT2D eigenvalue weighted by molar-refractivity contribution is -0.188. The quantitative estimate of drug-likeness (QED) is 0.0340. The van der Waals surface area contributed by atoms with Crippen LogP contribution in [-0.4, -0.2) is 70.5 Å². The van der Waals surface area contributed by atoms with Gasteiger partial charge in [-0.2, -0.15) is 4.89 Å². The van der Waals surface area contributed by atoms with Gasteiger partial charge in [0.2, 0.25) is 18.2 Å². The van der Waals surface area contributed by atoms with Crippen molar-refractivity contribution in [3.63, 3.8) is 0 Å². The first-order valence-electron chi connectivity index (χ1n) is 18.2. The molecule has 14 heteroatoms. The maximum absolute atomic E-state index is 13.2. The van der Waals surface area contributed by atoms with Crippen molar-refractivity contribution >= 4 is 24.3 Å². The minimum absolute atomic E-state index is 0.0278. The van der Waals surface area contributed by atoms with Gasteiger partial charge >= 0.3 is 6.09 Å². The number of aliphatic imine (C=N–C) groups is 1. The fourth-order valence-corrected chi connectivity index (χ4v) is 5.95. The highest BCUT2D eigenvalue weighted by atomic mass is 17.2. The number of aromatic nitrogens is 4. The van der Waals surface area contributed by atoms with Gasteiger partial charge in [-0.05, 0) is 45.9 Å². The molecule has 5 N–H and O–H groups in total. The maximum Gasteiger partial charge on any atom is 0.407 e. The third-order valence-electron chi connectivity index (χ3n) is 9.10. The van der Waals surface area contributed by atoms with Gasteiger partial charge < -0.3 is 35.5 Å². The Bertz CT molecular complexity index is 1850. The molecule has 0 aliphatic rings. The van der Waals surface area contributed by atoms with Gasteiger partial charge in [-0.3, -0.25) is 9.59 Å². The average molecular weight is 743 g/mol. The molecular weight excluding hydrogens is 688 g/mol. The Morgan fingerprint density at radius 1 is 0.630 bits per heavy atom. The highest BCUT2D eigenvalue weighted by Crippen LogP contribution is 2.29. The van der Waals surface area contributed by atoms with E-state index in [1.165, 1.54) is 14.2 Å². The monoisotopic (exact) mass is 742 g/mol. The highest BCUT2D eigenvalue weighted by molar-refractivity contribution is 5.86. The molecule has 14 nitrogen and oxygen atoms in total. The van der Waals surface area contributed by atoms with Gasteiger partial charge in [0.15, 0.2) is 0 Å². The summed E-state index contributed by atoms with van der Waals surface area (Å²) in [6.07, 6.45) is 4.02. The number of H-pyrrole nitrogens is 2. The van der Waals surface area contributed by atoms with Gasteiger partial charge in [0, 0.05) is 0 Å². The molecule has 4 rings (SSSR count). The van der Waals surface area contributed by atoms with E-state index >= 15 is 0 Å². The van der Waals surface area contributed by atoms with Crippen LogP contribution in [0.15, 0.2) is 65.9 Å². The molecule has 0 aliphatic heterocycles. The molecule has 3 amide bonds. The number of amides is 3. The first-order chi connectivity index (χ1) is 25.7. The Labute approximate surface area is 317 Å². The number of methoxy groups -OCH3 is 1. The van der Waals surface area contributed by atoms with Crippen molar-refractivity contribution in [2.45, 2.75) is 79.6 Å². The van der Waals surface area contributed by atoms with Crippen molar-refractivity contribution in [2.24, 2.45) is 28.7 Å². The predicted octanol–water partition coefficient (Wildman–Crippen LogP) is 6.77. The third kappa shape index (κ3) is 10.6. The van der Waals surface area contributed by atoms with Crippen LogP contribution < -0.4 is 16.0 Å². The Morgan fingerprint density at radius 3 is 1.46 bits per heavy atom. The number of carbonyl (C=O) groups is 3. The summed E-state index contributed by atoms with van der Waals surface area (Å²) in [6, 6.07) is 14.2. The molecule has 0 bridgehead atoms. The summed E-state index contributed by atoms with van der Waals surface area (Å²) >= 11 is 0. The van der Waals surface area contributed by atoms with Crippen molar-refractivity contribution in [1.82, 2.24) is 35.9 Å². The van der Waals surface area contributed by atoms with Crippen LogP contribution in [0.25, 0.3) is 33.6 Å². The van der Waals surface area contributed by atoms with Crippen molar-refractivity contribution < 1.29 is 28.9 Å². The lowest BCUT2D eigenvalue weighted by Gasteiger charge is -2.26. The number of nitrogens with zero attached hydrogens (tertiary/aromatic N) is 3. The van der Waals surface area contributed by atoms with Crippen LogP contribution in [0.3, 0.4) is 0 Å². The SMILES string of the molecule is COO/C=N/[C@@H](C(=O)N[C@H](c1ncc(-c2ccc(-c3ccc(-c4cnc([C@@H](NC(=O)[C@H](NC(=O)OC)C(C)C)C(C)C)[nH]4)cc3)cc2)[nH]1)C(C)C)C(C)C. The van der Waals surface area contributed by atoms with Crippen molar-refractivity contribution in [3.8, 4) is 33.6 Å². The third-order valence-corrected chi connectivity index (χ3v) is 9.10. The Morgan fingerprint density at radius 2 is 1.07 bits per heavy atom. The van der Waals surface area contributed by atoms with E-state index in [0.717, 1.165) is 40.0 Å². The lowest BCUT2D eigenvalue weighted by atomic mass is 10.00. The zero-order valence-corrected chi connectivity index (χ0v) is 32.8. The van der Waals surface area contributed by atoms with E-state index in [1.807, 2.05) is 79.7 Å². The van der Waals surface area contributed by atoms with Crippen LogP contribution in [0.2, 0.25) is 0 Å². The van der Waals surface area contributed by atoms with Crippen LogP contribution >= 0.6 is 0 Å². The van der Waals surface area contributed by atoms with Crippen LogP contribution in [0.1, 0.15) is 79.1 Å². The summed E-state index contributed by atoms with van der Waals surface area (Å²) in [6.45, 7) is 15.6. The number of ether oxygens (including phenoxy) is 1. The summed E-state index contributed by atoms with van der Waals surface area (Å²) in [4.78, 5) is 67.8. The fraction of sp³-hybridized carbons (Fsp3) is 0.450. The second-order valence-corrected chi connectivity index (χ2v) is 14.5. The summed E-state index contributed by atoms with van der Waals surface area (Å²) in [5.74, 6) is 0.641. The molecule has 2 aromatic carbocycles. The number of carbonyl (C=O) groups excluding carboxylic acids is 3. The number of hydrogen-bond acceptors (Lipinski definition) is 9. The van der Waals surface area contributed by atoms with E-state index < -0.39 is 24.2 Å². The average Bonchev–Trinajstić information content (AvgIpc) is 3.84. The fourth-order valence-electron chi connectivity index (χ4n) is 5.95. The van der Waals surface area contributed by atoms with Gasteiger partial charge in [0.05, 0.1) is 50.1 Å². The number of alkyl carbamates (subject to hydrolysis) is 1. The summed E-state index contributed by atoms with van der Waals surface area (Å²) in [5, 5.41) is 8.78. The molecule has 4 atom stereocenters. The molecule has 2 aromatic heterocycles. The molecule has 0 saturated carbocycles. The molecule has 290 valence electrons. The molecule has 2 heterocycles. The number of aromatic amines is 2. The van der Waals surface area contributed by atoms with Crippen molar-refractivity contribution in [2.75, 3.05) is 14.2 Å². The first-order valence-corrected chi connectivity index (χ1v) is 18.2. The summed E-state index contributed by atoms with van der Waals surface area (Å²) in [7, 11) is 2.64. The zero-order valence-electron chi connectivity index (χ0n) is 32.8. The molecule has 0 aliphatic carbocycles. The van der Waals surface area contributed by atoms with Gasteiger partial charge in [-0.25, -0.2) is 19.8 Å². The Hall–Kier alpha value is -5.50. The number of nitrogens with one attached hydrogen (secondary N) is 5. The molecule has 4 aromatic rings. The number of hydrogen-bond donors (Lipinski definition) is 5. The second kappa shape index (κ2) is 19.0. The standard InChI is InChI=1S/C40H54N8O6/c1-22(2)32(46-38(49)34(24(5)6)43-21-54-53-10)36-41-19-30(44-36)28-15-11-26(12-16-28)27-13-17-29(18-14-27)31-20-42-37(45-31)33(23(3)4)47-39(50)35(25(7)8)48-40(51)52-9/h11-25,32-35H,1-10H3,(H,41,44)(H,42,45)(H,46,49)(H,47,50)(H,48,51)/b43-21+/t32-,33-,34+,35+/m0/s1. The van der Waals surface area contributed by atoms with Crippen LogP contribution in [0, 0.1) is 23.7 Å².